The Balaban J connectivity index is 1.94. The number of rotatable bonds is 7. The highest BCUT2D eigenvalue weighted by Crippen LogP contribution is 2.29. The topological polar surface area (TPSA) is 75.1 Å². The molecule has 2 atom stereocenters. The number of nitrogens with zero attached hydrogens (tertiary/aromatic N) is 2. The summed E-state index contributed by atoms with van der Waals surface area (Å²) >= 11 is 1.51. The highest BCUT2D eigenvalue weighted by atomic mass is 32.2. The van der Waals surface area contributed by atoms with Gasteiger partial charge in [0.1, 0.15) is 5.54 Å². The fourth-order valence-corrected chi connectivity index (χ4v) is 3.05. The Morgan fingerprint density at radius 3 is 2.74 bits per heavy atom. The van der Waals surface area contributed by atoms with Crippen LogP contribution < -0.4 is 5.32 Å². The van der Waals surface area contributed by atoms with Crippen LogP contribution in [0.25, 0.3) is 0 Å². The minimum atomic E-state index is -0.873. The van der Waals surface area contributed by atoms with Gasteiger partial charge in [0, 0.05) is 23.7 Å². The number of hydrogen-bond donors (Lipinski definition) is 2. The molecule has 0 aliphatic heterocycles. The van der Waals surface area contributed by atoms with Crippen molar-refractivity contribution in [3.05, 3.63) is 18.5 Å². The van der Waals surface area contributed by atoms with Crippen molar-refractivity contribution in [1.82, 2.24) is 15.3 Å². The molecule has 1 aromatic rings. The van der Waals surface area contributed by atoms with Gasteiger partial charge in [0.2, 0.25) is 0 Å². The van der Waals surface area contributed by atoms with Crippen LogP contribution in [-0.4, -0.2) is 37.9 Å². The quantitative estimate of drug-likeness (QED) is 0.587. The summed E-state index contributed by atoms with van der Waals surface area (Å²) in [5.41, 5.74) is -0.873. The second kappa shape index (κ2) is 5.88. The molecule has 1 aliphatic rings. The van der Waals surface area contributed by atoms with Crippen LogP contribution in [0.1, 0.15) is 33.1 Å². The van der Waals surface area contributed by atoms with Gasteiger partial charge in [-0.05, 0) is 32.3 Å². The van der Waals surface area contributed by atoms with Crippen LogP contribution >= 0.6 is 11.8 Å². The predicted molar refractivity (Wildman–Crippen MR) is 74.2 cm³/mol. The lowest BCUT2D eigenvalue weighted by molar-refractivity contribution is -0.144. The lowest BCUT2D eigenvalue weighted by atomic mass is 9.96. The molecule has 1 heterocycles. The Kier molecular flexibility index (Phi) is 4.42. The third-order valence-electron chi connectivity index (χ3n) is 3.12. The number of nitrogens with one attached hydrogen (secondary N) is 1. The van der Waals surface area contributed by atoms with E-state index in [1.54, 1.807) is 25.4 Å². The van der Waals surface area contributed by atoms with Crippen molar-refractivity contribution in [1.29, 1.82) is 0 Å². The third-order valence-corrected chi connectivity index (χ3v) is 4.11. The van der Waals surface area contributed by atoms with Crippen molar-refractivity contribution < 1.29 is 9.90 Å². The first kappa shape index (κ1) is 14.3. The first-order valence-corrected chi connectivity index (χ1v) is 7.32. The average Bonchev–Trinajstić information content (AvgIpc) is 3.13. The highest BCUT2D eigenvalue weighted by Gasteiger charge is 2.39. The number of carboxylic acids is 1. The van der Waals surface area contributed by atoms with E-state index in [2.05, 4.69) is 15.3 Å². The molecule has 5 nitrogen and oxygen atoms in total. The van der Waals surface area contributed by atoms with Gasteiger partial charge < -0.3 is 5.11 Å². The Morgan fingerprint density at radius 1 is 1.58 bits per heavy atom. The summed E-state index contributed by atoms with van der Waals surface area (Å²) in [6.07, 6.45) is 6.09. The lowest BCUT2D eigenvalue weighted by Gasteiger charge is -2.28. The zero-order valence-electron chi connectivity index (χ0n) is 11.2. The molecular weight excluding hydrogens is 262 g/mol. The molecule has 0 spiro atoms. The van der Waals surface area contributed by atoms with Crippen molar-refractivity contribution in [2.45, 2.75) is 55.1 Å². The van der Waals surface area contributed by atoms with Crippen LogP contribution in [-0.2, 0) is 4.79 Å². The van der Waals surface area contributed by atoms with E-state index in [0.29, 0.717) is 17.6 Å². The van der Waals surface area contributed by atoms with Crippen molar-refractivity contribution in [3.8, 4) is 0 Å². The lowest BCUT2D eigenvalue weighted by Crippen LogP contribution is -2.52. The van der Waals surface area contributed by atoms with E-state index in [9.17, 15) is 9.90 Å². The molecule has 2 rings (SSSR count). The summed E-state index contributed by atoms with van der Waals surface area (Å²) in [6.45, 7) is 3.77. The molecule has 2 N–H and O–H groups in total. The maximum absolute atomic E-state index is 11.5. The molecule has 104 valence electrons. The van der Waals surface area contributed by atoms with E-state index >= 15 is 0 Å². The van der Waals surface area contributed by atoms with Crippen molar-refractivity contribution in [2.75, 3.05) is 0 Å². The summed E-state index contributed by atoms with van der Waals surface area (Å²) < 4.78 is 0. The van der Waals surface area contributed by atoms with E-state index in [1.165, 1.54) is 11.8 Å². The van der Waals surface area contributed by atoms with Gasteiger partial charge in [0.25, 0.3) is 0 Å². The van der Waals surface area contributed by atoms with Crippen LogP contribution in [0.15, 0.2) is 23.6 Å². The number of carboxylic acid groups (broad SMARTS) is 1. The van der Waals surface area contributed by atoms with Gasteiger partial charge in [0.15, 0.2) is 5.16 Å². The van der Waals surface area contributed by atoms with Crippen LogP contribution in [0.5, 0.6) is 0 Å². The highest BCUT2D eigenvalue weighted by molar-refractivity contribution is 7.99. The van der Waals surface area contributed by atoms with Gasteiger partial charge in [-0.25, -0.2) is 9.97 Å². The molecule has 19 heavy (non-hydrogen) atoms. The zero-order valence-corrected chi connectivity index (χ0v) is 12.0. The van der Waals surface area contributed by atoms with Crippen LogP contribution in [0.4, 0.5) is 0 Å². The molecule has 0 bridgehead atoms. The van der Waals surface area contributed by atoms with Gasteiger partial charge in [0.05, 0.1) is 0 Å². The summed E-state index contributed by atoms with van der Waals surface area (Å²) in [5.74, 6) is -0.791. The first-order chi connectivity index (χ1) is 8.99. The molecule has 1 fully saturated rings. The fraction of sp³-hybridized carbons (Fsp3) is 0.615. The smallest absolute Gasteiger partial charge is 0.323 e. The molecule has 6 heteroatoms. The molecule has 0 aromatic carbocycles. The number of aromatic nitrogens is 2. The Bertz CT molecular complexity index is 439. The van der Waals surface area contributed by atoms with Gasteiger partial charge in [-0.2, -0.15) is 0 Å². The first-order valence-electron chi connectivity index (χ1n) is 6.44. The molecule has 0 saturated heterocycles. The third kappa shape index (κ3) is 4.18. The maximum Gasteiger partial charge on any atom is 0.323 e. The largest absolute Gasteiger partial charge is 0.480 e. The van der Waals surface area contributed by atoms with Crippen LogP contribution in [0.2, 0.25) is 0 Å². The summed E-state index contributed by atoms with van der Waals surface area (Å²) in [4.78, 5) is 19.8. The zero-order chi connectivity index (χ0) is 13.9. The Labute approximate surface area is 117 Å². The second-order valence-electron chi connectivity index (χ2n) is 5.22. The minimum Gasteiger partial charge on any atom is -0.480 e. The molecule has 0 radical (unpaired) electrons. The molecule has 1 aliphatic carbocycles. The van der Waals surface area contributed by atoms with Crippen LogP contribution in [0.3, 0.4) is 0 Å². The van der Waals surface area contributed by atoms with Gasteiger partial charge in [-0.3, -0.25) is 10.1 Å². The maximum atomic E-state index is 11.5. The Morgan fingerprint density at radius 2 is 2.21 bits per heavy atom. The van der Waals surface area contributed by atoms with Crippen molar-refractivity contribution in [3.63, 3.8) is 0 Å². The predicted octanol–water partition coefficient (Wildman–Crippen LogP) is 1.94. The normalized spacial score (nSPS) is 19.7. The monoisotopic (exact) mass is 281 g/mol. The number of hydrogen-bond acceptors (Lipinski definition) is 5. The Hall–Kier alpha value is -1.14. The van der Waals surface area contributed by atoms with E-state index in [4.69, 9.17) is 0 Å². The van der Waals surface area contributed by atoms with E-state index in [1.807, 2.05) is 6.92 Å². The fourth-order valence-electron chi connectivity index (χ4n) is 2.03. The number of thioether (sulfide) groups is 1. The van der Waals surface area contributed by atoms with Crippen LogP contribution in [0, 0.1) is 0 Å². The second-order valence-corrected chi connectivity index (χ2v) is 6.63. The molecule has 1 saturated carbocycles. The summed E-state index contributed by atoms with van der Waals surface area (Å²) in [7, 11) is 0. The standard InChI is InChI=1S/C13H19N3O2S/c1-9(19-12-14-6-3-7-15-12)8-13(2,11(17)18)16-10-4-5-10/h3,6-7,9-10,16H,4-5,8H2,1-2H3,(H,17,18). The number of aliphatic carboxylic acids is 1. The average molecular weight is 281 g/mol. The molecule has 2 unspecified atom stereocenters. The molecular formula is C13H19N3O2S. The van der Waals surface area contributed by atoms with Gasteiger partial charge >= 0.3 is 5.97 Å². The van der Waals surface area contributed by atoms with Gasteiger partial charge in [-0.15, -0.1) is 0 Å². The van der Waals surface area contributed by atoms with Crippen molar-refractivity contribution in [2.24, 2.45) is 0 Å². The van der Waals surface area contributed by atoms with E-state index < -0.39 is 11.5 Å². The number of carbonyl (C=O) groups is 1. The van der Waals surface area contributed by atoms with Crippen molar-refractivity contribution >= 4 is 17.7 Å². The van der Waals surface area contributed by atoms with Gasteiger partial charge in [-0.1, -0.05) is 18.7 Å². The minimum absolute atomic E-state index is 0.134. The molecule has 0 amide bonds. The van der Waals surface area contributed by atoms with E-state index in [-0.39, 0.29) is 5.25 Å². The summed E-state index contributed by atoms with van der Waals surface area (Å²) in [6, 6.07) is 2.14. The SMILES string of the molecule is CC(CC(C)(NC1CC1)C(=O)O)Sc1ncccn1. The molecule has 1 aromatic heterocycles. The van der Waals surface area contributed by atoms with E-state index in [0.717, 1.165) is 12.8 Å². The summed E-state index contributed by atoms with van der Waals surface area (Å²) in [5, 5.41) is 13.5.